The van der Waals surface area contributed by atoms with E-state index in [1.807, 2.05) is 36.4 Å². The molecule has 0 saturated carbocycles. The Morgan fingerprint density at radius 3 is 2.32 bits per heavy atom. The predicted octanol–water partition coefficient (Wildman–Crippen LogP) is 6.28. The van der Waals surface area contributed by atoms with Crippen LogP contribution in [-0.4, -0.2) is 31.3 Å². The maximum absolute atomic E-state index is 13.0. The largest absolute Gasteiger partial charge is 0.364 e. The van der Waals surface area contributed by atoms with Crippen molar-refractivity contribution in [1.29, 1.82) is 0 Å². The maximum Gasteiger partial charge on any atom is 0.245 e. The summed E-state index contributed by atoms with van der Waals surface area (Å²) in [5.41, 5.74) is 2.46. The monoisotopic (exact) mass is 560 g/mol. The molecule has 1 N–H and O–H groups in total. The van der Waals surface area contributed by atoms with Crippen molar-refractivity contribution in [1.82, 2.24) is 14.5 Å². The number of hydrogen-bond acceptors (Lipinski definition) is 4. The van der Waals surface area contributed by atoms with Crippen molar-refractivity contribution in [2.45, 2.75) is 30.7 Å². The molecule has 2 atom stereocenters. The van der Waals surface area contributed by atoms with Crippen molar-refractivity contribution in [2.24, 2.45) is 13.0 Å². The summed E-state index contributed by atoms with van der Waals surface area (Å²) in [6.07, 6.45) is 1.61. The molecule has 1 saturated heterocycles. The minimum atomic E-state index is -3.80. The number of aryl methyl sites for hydroxylation is 1. The van der Waals surface area contributed by atoms with Gasteiger partial charge in [-0.3, -0.25) is 4.68 Å². The summed E-state index contributed by atoms with van der Waals surface area (Å²) in [7, 11) is -2.14. The molecule has 34 heavy (non-hydrogen) atoms. The molecule has 182 valence electrons. The molecular formula is C23H24Cl4N4O2S. The van der Waals surface area contributed by atoms with E-state index >= 15 is 0 Å². The first-order chi connectivity index (χ1) is 16.1. The molecule has 0 aliphatic carbocycles. The molecule has 1 aromatic heterocycles. The quantitative estimate of drug-likeness (QED) is 0.384. The standard InChI is InChI=1S/C23H24Cl4N4O2S/c1-14-22(23(27)29-30(14)2)34(32,33)28-12-15-3-10-21(19-9-6-17(25)11-20(19)26)31(13-15)18-7-4-16(24)5-8-18/h4-9,11,15,21,28H,3,10,12-13H2,1-2H3. The van der Waals surface area contributed by atoms with E-state index in [-0.39, 0.29) is 28.6 Å². The van der Waals surface area contributed by atoms with Gasteiger partial charge in [0.1, 0.15) is 4.90 Å². The number of aromatic nitrogens is 2. The van der Waals surface area contributed by atoms with E-state index in [0.29, 0.717) is 27.3 Å². The van der Waals surface area contributed by atoms with Gasteiger partial charge < -0.3 is 4.90 Å². The van der Waals surface area contributed by atoms with Crippen molar-refractivity contribution in [3.05, 3.63) is 73.9 Å². The topological polar surface area (TPSA) is 67.2 Å². The van der Waals surface area contributed by atoms with Gasteiger partial charge in [-0.1, -0.05) is 52.5 Å². The van der Waals surface area contributed by atoms with E-state index in [9.17, 15) is 8.42 Å². The smallest absolute Gasteiger partial charge is 0.245 e. The van der Waals surface area contributed by atoms with Crippen molar-refractivity contribution < 1.29 is 8.42 Å². The van der Waals surface area contributed by atoms with Crippen molar-refractivity contribution in [3.63, 3.8) is 0 Å². The summed E-state index contributed by atoms with van der Waals surface area (Å²) in [5.74, 6) is 0.0727. The van der Waals surface area contributed by atoms with Gasteiger partial charge in [-0.15, -0.1) is 0 Å². The van der Waals surface area contributed by atoms with Crippen LogP contribution in [0.2, 0.25) is 20.2 Å². The van der Waals surface area contributed by atoms with Crippen LogP contribution in [0.15, 0.2) is 47.4 Å². The van der Waals surface area contributed by atoms with Crippen molar-refractivity contribution in [3.8, 4) is 0 Å². The summed E-state index contributed by atoms with van der Waals surface area (Å²) in [6.45, 7) is 2.59. The lowest BCUT2D eigenvalue weighted by molar-refractivity contribution is 0.358. The normalized spacial score (nSPS) is 18.9. The van der Waals surface area contributed by atoms with Gasteiger partial charge in [-0.2, -0.15) is 5.10 Å². The fourth-order valence-electron chi connectivity index (χ4n) is 4.38. The van der Waals surface area contributed by atoms with Gasteiger partial charge in [-0.25, -0.2) is 13.1 Å². The van der Waals surface area contributed by atoms with E-state index in [2.05, 4.69) is 14.7 Å². The van der Waals surface area contributed by atoms with Gasteiger partial charge in [0.25, 0.3) is 0 Å². The number of halogens is 4. The molecule has 2 unspecified atom stereocenters. The van der Waals surface area contributed by atoms with Crippen LogP contribution in [0, 0.1) is 12.8 Å². The highest BCUT2D eigenvalue weighted by Crippen LogP contribution is 2.40. The zero-order valence-corrected chi connectivity index (χ0v) is 22.4. The Kier molecular flexibility index (Phi) is 7.72. The number of sulfonamides is 1. The number of hydrogen-bond donors (Lipinski definition) is 1. The zero-order valence-electron chi connectivity index (χ0n) is 18.6. The molecule has 0 radical (unpaired) electrons. The third-order valence-corrected chi connectivity index (χ3v) is 8.99. The summed E-state index contributed by atoms with van der Waals surface area (Å²) in [4.78, 5) is 2.27. The fourth-order valence-corrected chi connectivity index (χ4v) is 6.98. The molecule has 1 aliphatic heterocycles. The molecule has 11 heteroatoms. The summed E-state index contributed by atoms with van der Waals surface area (Å²) in [6, 6.07) is 13.2. The Hall–Kier alpha value is -1.48. The number of piperidine rings is 1. The highest BCUT2D eigenvalue weighted by atomic mass is 35.5. The minimum Gasteiger partial charge on any atom is -0.364 e. The second kappa shape index (κ2) is 10.2. The lowest BCUT2D eigenvalue weighted by Gasteiger charge is -2.42. The average Bonchev–Trinajstić information content (AvgIpc) is 3.05. The first-order valence-corrected chi connectivity index (χ1v) is 13.7. The summed E-state index contributed by atoms with van der Waals surface area (Å²) in [5, 5.41) is 5.82. The van der Waals surface area contributed by atoms with Crippen molar-refractivity contribution in [2.75, 3.05) is 18.0 Å². The molecule has 2 heterocycles. The lowest BCUT2D eigenvalue weighted by Crippen LogP contribution is -2.43. The third kappa shape index (κ3) is 5.35. The maximum atomic E-state index is 13.0. The van der Waals surface area contributed by atoms with Crippen LogP contribution in [0.3, 0.4) is 0 Å². The van der Waals surface area contributed by atoms with E-state index < -0.39 is 10.0 Å². The molecule has 1 aliphatic rings. The van der Waals surface area contributed by atoms with E-state index in [1.165, 1.54) is 4.68 Å². The Morgan fingerprint density at radius 1 is 1.03 bits per heavy atom. The molecule has 1 fully saturated rings. The summed E-state index contributed by atoms with van der Waals surface area (Å²) >= 11 is 24.9. The van der Waals surface area contributed by atoms with Gasteiger partial charge in [-0.05, 0) is 67.6 Å². The van der Waals surface area contributed by atoms with E-state index in [1.54, 1.807) is 20.0 Å². The van der Waals surface area contributed by atoms with Crippen LogP contribution >= 0.6 is 46.4 Å². The predicted molar refractivity (Wildman–Crippen MR) is 139 cm³/mol. The van der Waals surface area contributed by atoms with Crippen LogP contribution in [0.5, 0.6) is 0 Å². The molecular weight excluding hydrogens is 538 g/mol. The number of benzene rings is 2. The Bertz CT molecular complexity index is 1300. The first kappa shape index (κ1) is 25.6. The molecule has 3 aromatic rings. The molecule has 2 aromatic carbocycles. The fraction of sp³-hybridized carbons (Fsp3) is 0.348. The van der Waals surface area contributed by atoms with Gasteiger partial charge in [0.05, 0.1) is 11.7 Å². The van der Waals surface area contributed by atoms with Crippen molar-refractivity contribution >= 4 is 62.1 Å². The van der Waals surface area contributed by atoms with Gasteiger partial charge in [0.15, 0.2) is 5.15 Å². The first-order valence-electron chi connectivity index (χ1n) is 10.7. The number of nitrogens with zero attached hydrogens (tertiary/aromatic N) is 3. The van der Waals surface area contributed by atoms with Crippen LogP contribution < -0.4 is 9.62 Å². The SMILES string of the molecule is Cc1c(S(=O)(=O)NCC2CCC(c3ccc(Cl)cc3Cl)N(c3ccc(Cl)cc3)C2)c(Cl)nn1C. The van der Waals surface area contributed by atoms with Gasteiger partial charge >= 0.3 is 0 Å². The molecule has 6 nitrogen and oxygen atoms in total. The highest BCUT2D eigenvalue weighted by molar-refractivity contribution is 7.89. The number of nitrogens with one attached hydrogen (secondary N) is 1. The average molecular weight is 562 g/mol. The van der Waals surface area contributed by atoms with Crippen LogP contribution in [0.1, 0.15) is 30.1 Å². The zero-order chi connectivity index (χ0) is 24.6. The Balaban J connectivity index is 1.57. The summed E-state index contributed by atoms with van der Waals surface area (Å²) < 4.78 is 30.1. The Morgan fingerprint density at radius 2 is 1.71 bits per heavy atom. The number of anilines is 1. The van der Waals surface area contributed by atoms with E-state index in [0.717, 1.165) is 24.1 Å². The molecule has 0 bridgehead atoms. The molecule has 4 rings (SSSR count). The van der Waals surface area contributed by atoms with E-state index in [4.69, 9.17) is 46.4 Å². The molecule has 0 amide bonds. The van der Waals surface area contributed by atoms with Gasteiger partial charge in [0, 0.05) is 40.9 Å². The number of rotatable bonds is 6. The molecule has 0 spiro atoms. The highest BCUT2D eigenvalue weighted by Gasteiger charge is 2.32. The second-order valence-corrected chi connectivity index (χ2v) is 11.8. The van der Waals surface area contributed by atoms with Crippen LogP contribution in [0.25, 0.3) is 0 Å². The second-order valence-electron chi connectivity index (χ2n) is 8.43. The van der Waals surface area contributed by atoms with Crippen LogP contribution in [0.4, 0.5) is 5.69 Å². The van der Waals surface area contributed by atoms with Crippen LogP contribution in [-0.2, 0) is 17.1 Å². The lowest BCUT2D eigenvalue weighted by atomic mass is 9.88. The minimum absolute atomic E-state index is 0.0212. The third-order valence-electron chi connectivity index (χ3n) is 6.23. The Labute approximate surface area is 219 Å². The van der Waals surface area contributed by atoms with Gasteiger partial charge in [0.2, 0.25) is 10.0 Å².